The molecule has 0 atom stereocenters. The molecule has 0 N–H and O–H groups in total. The van der Waals surface area contributed by atoms with Crippen LogP contribution in [0.5, 0.6) is 0 Å². The van der Waals surface area contributed by atoms with E-state index in [9.17, 15) is 0 Å². The summed E-state index contributed by atoms with van der Waals surface area (Å²) in [4.78, 5) is 9.20. The zero-order valence-corrected chi connectivity index (χ0v) is 31.2. The van der Waals surface area contributed by atoms with Crippen LogP contribution >= 0.6 is 11.3 Å². The van der Waals surface area contributed by atoms with Gasteiger partial charge in [0.25, 0.3) is 0 Å². The maximum Gasteiger partial charge on any atom is 0.0795 e. The molecule has 2 nitrogen and oxygen atoms in total. The zero-order valence-electron chi connectivity index (χ0n) is 27.0. The summed E-state index contributed by atoms with van der Waals surface area (Å²) in [6, 6.07) is 44.8. The molecule has 3 aromatic heterocycles. The molecule has 233 valence electrons. The summed E-state index contributed by atoms with van der Waals surface area (Å²) in [7, 11) is -1.23. The number of benzene rings is 4. The van der Waals surface area contributed by atoms with Crippen LogP contribution in [0.4, 0.5) is 0 Å². The Hall–Kier alpha value is -3.73. The molecular weight excluding hydrogens is 773 g/mol. The van der Waals surface area contributed by atoms with Crippen LogP contribution in [0, 0.1) is 18.1 Å². The maximum absolute atomic E-state index is 4.68. The number of rotatable bonds is 6. The molecule has 0 aliphatic rings. The molecule has 0 aliphatic carbocycles. The van der Waals surface area contributed by atoms with Crippen molar-refractivity contribution in [1.82, 2.24) is 9.97 Å². The van der Waals surface area contributed by atoms with E-state index in [-0.39, 0.29) is 20.1 Å². The van der Waals surface area contributed by atoms with Gasteiger partial charge in [0.1, 0.15) is 0 Å². The molecule has 3 heterocycles. The van der Waals surface area contributed by atoms with Crippen molar-refractivity contribution in [3.63, 3.8) is 0 Å². The van der Waals surface area contributed by atoms with Gasteiger partial charge in [-0.15, -0.1) is 59.7 Å². The second-order valence-corrected chi connectivity index (χ2v) is 19.0. The Morgan fingerprint density at radius 3 is 2.22 bits per heavy atom. The topological polar surface area (TPSA) is 25.8 Å². The number of pyridine rings is 2. The standard InChI is InChI=1S/C27H22NS.C14H16NSi.Ir/c1-18(2)15-19-13-14-28-25(16-19)23-10-6-9-22-24-17-21(20-7-4-3-5-8-20)11-12-26(24)29-27(22)23;1-16(2,3)13-9-10-14(15-11-13)12-7-5-4-6-8-12;/h3-9,11-14,16-18H,15H2,1-2H3;4-7,9-11H,1-3H3;/q2*-1;. The second kappa shape index (κ2) is 14.8. The van der Waals surface area contributed by atoms with Crippen molar-refractivity contribution in [2.75, 3.05) is 0 Å². The molecule has 0 unspecified atom stereocenters. The molecule has 7 rings (SSSR count). The number of nitrogens with zero attached hydrogens (tertiary/aromatic N) is 2. The minimum absolute atomic E-state index is 0. The van der Waals surface area contributed by atoms with Gasteiger partial charge >= 0.3 is 0 Å². The molecule has 0 bridgehead atoms. The van der Waals surface area contributed by atoms with Crippen molar-refractivity contribution in [2.45, 2.75) is 39.9 Å². The number of hydrogen-bond donors (Lipinski definition) is 0. The summed E-state index contributed by atoms with van der Waals surface area (Å²) in [5, 5.41) is 3.99. The first-order chi connectivity index (χ1) is 21.8. The van der Waals surface area contributed by atoms with E-state index < -0.39 is 8.07 Å². The molecule has 0 saturated heterocycles. The van der Waals surface area contributed by atoms with Gasteiger partial charge in [-0.3, -0.25) is 0 Å². The third kappa shape index (κ3) is 7.79. The van der Waals surface area contributed by atoms with Gasteiger partial charge in [-0.25, -0.2) is 0 Å². The normalized spacial score (nSPS) is 11.3. The quantitative estimate of drug-likeness (QED) is 0.124. The third-order valence-electron chi connectivity index (χ3n) is 7.88. The SMILES string of the molecule is CC(C)Cc1ccnc(-c2[c-]ccc3c2sc2ccc(-c4ccccc4)cc23)c1.C[Si](C)(C)c1ccc(-c2[c-]cccc2)nc1.[Ir]. The second-order valence-electron chi connectivity index (χ2n) is 12.9. The minimum atomic E-state index is -1.23. The first kappa shape index (κ1) is 33.6. The van der Waals surface area contributed by atoms with Crippen LogP contribution in [0.1, 0.15) is 19.4 Å². The van der Waals surface area contributed by atoms with Gasteiger partial charge in [-0.1, -0.05) is 99.0 Å². The van der Waals surface area contributed by atoms with Crippen molar-refractivity contribution >= 4 is 44.8 Å². The van der Waals surface area contributed by atoms with Crippen LogP contribution in [0.15, 0.2) is 122 Å². The number of thiophene rings is 1. The molecule has 0 aliphatic heterocycles. The van der Waals surface area contributed by atoms with Crippen LogP contribution in [0.2, 0.25) is 19.6 Å². The Balaban J connectivity index is 0.000000209. The van der Waals surface area contributed by atoms with E-state index in [4.69, 9.17) is 0 Å². The van der Waals surface area contributed by atoms with E-state index in [0.29, 0.717) is 5.92 Å². The van der Waals surface area contributed by atoms with Gasteiger partial charge in [0.15, 0.2) is 0 Å². The van der Waals surface area contributed by atoms with E-state index in [1.54, 1.807) is 0 Å². The number of fused-ring (bicyclic) bond motifs is 3. The monoisotopic (exact) mass is 811 g/mol. The first-order valence-electron chi connectivity index (χ1n) is 15.6. The molecule has 1 radical (unpaired) electrons. The van der Waals surface area contributed by atoms with Gasteiger partial charge in [0.05, 0.1) is 8.07 Å². The predicted octanol–water partition coefficient (Wildman–Crippen LogP) is 10.9. The summed E-state index contributed by atoms with van der Waals surface area (Å²) in [6.45, 7) is 11.5. The summed E-state index contributed by atoms with van der Waals surface area (Å²) < 4.78 is 2.57. The maximum atomic E-state index is 4.68. The smallest absolute Gasteiger partial charge is 0.0795 e. The molecule has 46 heavy (non-hydrogen) atoms. The Kier molecular flexibility index (Phi) is 10.8. The van der Waals surface area contributed by atoms with E-state index in [1.165, 1.54) is 42.0 Å². The fourth-order valence-electron chi connectivity index (χ4n) is 5.50. The van der Waals surface area contributed by atoms with Crippen molar-refractivity contribution in [3.05, 3.63) is 139 Å². The Morgan fingerprint density at radius 1 is 0.717 bits per heavy atom. The van der Waals surface area contributed by atoms with Crippen molar-refractivity contribution in [2.24, 2.45) is 5.92 Å². The van der Waals surface area contributed by atoms with Crippen molar-refractivity contribution < 1.29 is 20.1 Å². The zero-order chi connectivity index (χ0) is 31.4. The average molecular weight is 811 g/mol. The van der Waals surface area contributed by atoms with Gasteiger partial charge in [0.2, 0.25) is 0 Å². The average Bonchev–Trinajstić information content (AvgIpc) is 3.44. The number of hydrogen-bond acceptors (Lipinski definition) is 3. The van der Waals surface area contributed by atoms with Crippen LogP contribution < -0.4 is 5.19 Å². The van der Waals surface area contributed by atoms with Crippen LogP contribution in [-0.2, 0) is 26.5 Å². The van der Waals surface area contributed by atoms with Crippen molar-refractivity contribution in [1.29, 1.82) is 0 Å². The molecule has 0 fully saturated rings. The van der Waals surface area contributed by atoms with E-state index in [0.717, 1.165) is 28.9 Å². The summed E-state index contributed by atoms with van der Waals surface area (Å²) >= 11 is 1.84. The third-order valence-corrected chi connectivity index (χ3v) is 11.1. The molecule has 0 amide bonds. The van der Waals surface area contributed by atoms with Gasteiger partial charge in [0, 0.05) is 37.2 Å². The van der Waals surface area contributed by atoms with Gasteiger partial charge in [-0.2, -0.15) is 11.3 Å². The Bertz CT molecular complexity index is 2030. The predicted molar refractivity (Wildman–Crippen MR) is 197 cm³/mol. The molecule has 7 aromatic rings. The summed E-state index contributed by atoms with van der Waals surface area (Å²) in [5.74, 6) is 0.630. The molecular formula is C41H38IrN2SSi-2. The number of aromatic nitrogens is 2. The molecule has 4 aromatic carbocycles. The Labute approximate surface area is 292 Å². The minimum Gasteiger partial charge on any atom is -0.305 e. The summed E-state index contributed by atoms with van der Waals surface area (Å²) in [6.07, 6.45) is 5.02. The van der Waals surface area contributed by atoms with Gasteiger partial charge < -0.3 is 9.97 Å². The fraction of sp³-hybridized carbons (Fsp3) is 0.171. The van der Waals surface area contributed by atoms with Crippen molar-refractivity contribution in [3.8, 4) is 33.6 Å². The van der Waals surface area contributed by atoms with Crippen LogP contribution in [0.25, 0.3) is 53.8 Å². The molecule has 0 saturated carbocycles. The van der Waals surface area contributed by atoms with Gasteiger partial charge in [-0.05, 0) is 68.3 Å². The fourth-order valence-corrected chi connectivity index (χ4v) is 7.72. The van der Waals surface area contributed by atoms with E-state index >= 15 is 0 Å². The van der Waals surface area contributed by atoms with E-state index in [2.05, 4.69) is 134 Å². The van der Waals surface area contributed by atoms with Crippen LogP contribution in [0.3, 0.4) is 0 Å². The Morgan fingerprint density at radius 2 is 1.52 bits per heavy atom. The first-order valence-corrected chi connectivity index (χ1v) is 19.9. The molecule has 5 heteroatoms. The molecule has 0 spiro atoms. The summed E-state index contributed by atoms with van der Waals surface area (Å²) in [5.41, 5.74) is 8.03. The van der Waals surface area contributed by atoms with Crippen LogP contribution in [-0.4, -0.2) is 18.0 Å². The largest absolute Gasteiger partial charge is 0.305 e. The van der Waals surface area contributed by atoms with E-state index in [1.807, 2.05) is 54.1 Å².